The van der Waals surface area contributed by atoms with Crippen LogP contribution in [0.2, 0.25) is 0 Å². The van der Waals surface area contributed by atoms with Crippen molar-refractivity contribution in [3.63, 3.8) is 0 Å². The maximum Gasteiger partial charge on any atom is 0.315 e. The van der Waals surface area contributed by atoms with Crippen molar-refractivity contribution in [2.24, 2.45) is 5.92 Å². The molecule has 2 saturated carbocycles. The number of carbonyl (C=O) groups excluding carboxylic acids is 1. The van der Waals surface area contributed by atoms with Gasteiger partial charge in [0.1, 0.15) is 0 Å². The summed E-state index contributed by atoms with van der Waals surface area (Å²) in [6.07, 6.45) is 5.21. The van der Waals surface area contributed by atoms with Gasteiger partial charge in [0.15, 0.2) is 0 Å². The van der Waals surface area contributed by atoms with Crippen molar-refractivity contribution in [3.8, 4) is 0 Å². The topological polar surface area (TPSA) is 78.4 Å². The summed E-state index contributed by atoms with van der Waals surface area (Å²) < 4.78 is 0. The summed E-state index contributed by atoms with van der Waals surface area (Å²) in [5.41, 5.74) is -0.0467. The highest BCUT2D eigenvalue weighted by Crippen LogP contribution is 2.31. The lowest BCUT2D eigenvalue weighted by molar-refractivity contribution is -0.141. The number of rotatable bonds is 3. The Morgan fingerprint density at radius 1 is 1.29 bits per heavy atom. The number of amides is 2. The van der Waals surface area contributed by atoms with Crippen LogP contribution in [-0.4, -0.2) is 28.7 Å². The summed E-state index contributed by atoms with van der Waals surface area (Å²) in [6, 6.07) is -0.136. The van der Waals surface area contributed by atoms with Gasteiger partial charge in [-0.25, -0.2) is 4.79 Å². The van der Waals surface area contributed by atoms with Crippen LogP contribution in [0.1, 0.15) is 45.4 Å². The molecule has 5 heteroatoms. The van der Waals surface area contributed by atoms with Gasteiger partial charge in [0.2, 0.25) is 0 Å². The molecule has 2 amide bonds. The zero-order valence-electron chi connectivity index (χ0n) is 10.2. The van der Waals surface area contributed by atoms with Gasteiger partial charge in [0.25, 0.3) is 0 Å². The second kappa shape index (κ2) is 4.55. The van der Waals surface area contributed by atoms with E-state index in [1.54, 1.807) is 0 Å². The smallest absolute Gasteiger partial charge is 0.315 e. The fourth-order valence-electron chi connectivity index (χ4n) is 2.66. The third-order valence-electron chi connectivity index (χ3n) is 3.99. The van der Waals surface area contributed by atoms with E-state index >= 15 is 0 Å². The highest BCUT2D eigenvalue weighted by Gasteiger charge is 2.35. The Morgan fingerprint density at radius 2 is 2.00 bits per heavy atom. The Morgan fingerprint density at radius 3 is 2.47 bits per heavy atom. The van der Waals surface area contributed by atoms with E-state index in [9.17, 15) is 9.59 Å². The molecule has 2 atom stereocenters. The van der Waals surface area contributed by atoms with E-state index in [4.69, 9.17) is 5.11 Å². The van der Waals surface area contributed by atoms with Gasteiger partial charge in [0.05, 0.1) is 5.92 Å². The molecule has 2 aliphatic carbocycles. The number of nitrogens with one attached hydrogen (secondary N) is 2. The quantitative estimate of drug-likeness (QED) is 0.699. The summed E-state index contributed by atoms with van der Waals surface area (Å²) in [6.45, 7) is 2.05. The van der Waals surface area contributed by atoms with Crippen LogP contribution in [0.5, 0.6) is 0 Å². The molecule has 0 aromatic rings. The third-order valence-corrected chi connectivity index (χ3v) is 3.99. The Kier molecular flexibility index (Phi) is 3.26. The first kappa shape index (κ1) is 12.2. The minimum atomic E-state index is -0.749. The fourth-order valence-corrected chi connectivity index (χ4v) is 2.66. The Labute approximate surface area is 101 Å². The van der Waals surface area contributed by atoms with Gasteiger partial charge in [-0.1, -0.05) is 0 Å². The highest BCUT2D eigenvalue weighted by molar-refractivity contribution is 5.76. The van der Waals surface area contributed by atoms with Crippen LogP contribution in [-0.2, 0) is 4.79 Å². The van der Waals surface area contributed by atoms with Crippen LogP contribution in [0.25, 0.3) is 0 Å². The first-order valence-corrected chi connectivity index (χ1v) is 6.30. The van der Waals surface area contributed by atoms with Crippen LogP contribution < -0.4 is 10.6 Å². The predicted molar refractivity (Wildman–Crippen MR) is 62.7 cm³/mol. The molecule has 0 bridgehead atoms. The number of urea groups is 1. The molecule has 0 unspecified atom stereocenters. The normalized spacial score (nSPS) is 30.4. The molecule has 2 rings (SSSR count). The molecule has 96 valence electrons. The van der Waals surface area contributed by atoms with Crippen molar-refractivity contribution in [2.75, 3.05) is 0 Å². The van der Waals surface area contributed by atoms with E-state index in [0.717, 1.165) is 19.3 Å². The van der Waals surface area contributed by atoms with Crippen LogP contribution >= 0.6 is 0 Å². The van der Waals surface area contributed by atoms with Crippen LogP contribution in [0, 0.1) is 5.92 Å². The molecule has 0 aromatic heterocycles. The molecular formula is C12H20N2O3. The maximum absolute atomic E-state index is 11.7. The van der Waals surface area contributed by atoms with E-state index in [0.29, 0.717) is 12.8 Å². The van der Waals surface area contributed by atoms with Gasteiger partial charge in [-0.2, -0.15) is 0 Å². The lowest BCUT2D eigenvalue weighted by Gasteiger charge is -2.39. The van der Waals surface area contributed by atoms with E-state index in [1.807, 2.05) is 6.92 Å². The van der Waals surface area contributed by atoms with E-state index in [-0.39, 0.29) is 23.5 Å². The van der Waals surface area contributed by atoms with Gasteiger partial charge in [0, 0.05) is 11.6 Å². The van der Waals surface area contributed by atoms with Crippen molar-refractivity contribution < 1.29 is 14.7 Å². The maximum atomic E-state index is 11.7. The van der Waals surface area contributed by atoms with Gasteiger partial charge in [-0.05, 0) is 45.4 Å². The largest absolute Gasteiger partial charge is 0.481 e. The number of carbonyl (C=O) groups is 2. The van der Waals surface area contributed by atoms with Crippen molar-refractivity contribution in [3.05, 3.63) is 0 Å². The summed E-state index contributed by atoms with van der Waals surface area (Å²) in [5, 5.41) is 14.7. The minimum Gasteiger partial charge on any atom is -0.481 e. The Balaban J connectivity index is 1.74. The minimum absolute atomic E-state index is 0.0137. The van der Waals surface area contributed by atoms with Crippen LogP contribution in [0.15, 0.2) is 0 Å². The first-order valence-electron chi connectivity index (χ1n) is 6.30. The molecule has 0 radical (unpaired) electrons. The number of aliphatic carboxylic acids is 1. The number of carboxylic acids is 1. The molecule has 0 saturated heterocycles. The van der Waals surface area contributed by atoms with Crippen molar-refractivity contribution in [2.45, 2.75) is 57.0 Å². The Bertz CT molecular complexity index is 326. The molecule has 2 aliphatic rings. The molecule has 0 heterocycles. The van der Waals surface area contributed by atoms with Gasteiger partial charge in [-0.3, -0.25) is 4.79 Å². The van der Waals surface area contributed by atoms with Gasteiger partial charge in [-0.15, -0.1) is 0 Å². The summed E-state index contributed by atoms with van der Waals surface area (Å²) in [4.78, 5) is 22.5. The second-order valence-corrected chi connectivity index (χ2v) is 5.56. The molecule has 2 fully saturated rings. The van der Waals surface area contributed by atoms with E-state index < -0.39 is 5.97 Å². The van der Waals surface area contributed by atoms with Crippen LogP contribution in [0.3, 0.4) is 0 Å². The van der Waals surface area contributed by atoms with Gasteiger partial charge < -0.3 is 15.7 Å². The molecule has 0 aliphatic heterocycles. The van der Waals surface area contributed by atoms with E-state index in [2.05, 4.69) is 10.6 Å². The average molecular weight is 240 g/mol. The lowest BCUT2D eigenvalue weighted by Crippen LogP contribution is -2.55. The van der Waals surface area contributed by atoms with Crippen molar-refractivity contribution in [1.82, 2.24) is 10.6 Å². The summed E-state index contributed by atoms with van der Waals surface area (Å²) in [7, 11) is 0. The monoisotopic (exact) mass is 240 g/mol. The molecule has 3 N–H and O–H groups in total. The molecule has 0 aromatic carbocycles. The third kappa shape index (κ3) is 2.90. The summed E-state index contributed by atoms with van der Waals surface area (Å²) >= 11 is 0. The SMILES string of the molecule is CC1(NC(=O)N[C@H]2CC[C@@H](C(=O)O)C2)CCC1. The molecular weight excluding hydrogens is 220 g/mol. The summed E-state index contributed by atoms with van der Waals surface area (Å²) in [5.74, 6) is -1.04. The standard InChI is InChI=1S/C12H20N2O3/c1-12(5-2-6-12)14-11(17)13-9-4-3-8(7-9)10(15)16/h8-9H,2-7H2,1H3,(H,15,16)(H2,13,14,17)/t8-,9+/m1/s1. The van der Waals surface area contributed by atoms with Crippen molar-refractivity contribution >= 4 is 12.0 Å². The van der Waals surface area contributed by atoms with E-state index in [1.165, 1.54) is 6.42 Å². The predicted octanol–water partition coefficient (Wildman–Crippen LogP) is 1.48. The van der Waals surface area contributed by atoms with Crippen molar-refractivity contribution in [1.29, 1.82) is 0 Å². The van der Waals surface area contributed by atoms with Gasteiger partial charge >= 0.3 is 12.0 Å². The van der Waals surface area contributed by atoms with Crippen LogP contribution in [0.4, 0.5) is 4.79 Å². The zero-order valence-corrected chi connectivity index (χ0v) is 10.2. The highest BCUT2D eigenvalue weighted by atomic mass is 16.4. The molecule has 17 heavy (non-hydrogen) atoms. The lowest BCUT2D eigenvalue weighted by atomic mass is 9.79. The number of hydrogen-bond donors (Lipinski definition) is 3. The fraction of sp³-hybridized carbons (Fsp3) is 0.833. The first-order chi connectivity index (χ1) is 7.98. The molecule has 5 nitrogen and oxygen atoms in total. The average Bonchev–Trinajstić information content (AvgIpc) is 2.63. The second-order valence-electron chi connectivity index (χ2n) is 5.56. The zero-order chi connectivity index (χ0) is 12.5. The number of carboxylic acid groups (broad SMARTS) is 1. The molecule has 0 spiro atoms. The number of hydrogen-bond acceptors (Lipinski definition) is 2. The Hall–Kier alpha value is -1.26.